The Balaban J connectivity index is 0.000000177. The summed E-state index contributed by atoms with van der Waals surface area (Å²) in [6.07, 6.45) is 3.47. The molecule has 0 saturated carbocycles. The van der Waals surface area contributed by atoms with Crippen LogP contribution in [0.5, 0.6) is 17.2 Å². The van der Waals surface area contributed by atoms with Crippen LogP contribution < -0.4 is 33.1 Å². The van der Waals surface area contributed by atoms with Gasteiger partial charge in [-0.1, -0.05) is 68.1 Å². The number of aldehydes is 1. The van der Waals surface area contributed by atoms with Crippen molar-refractivity contribution in [3.8, 4) is 68.1 Å². The van der Waals surface area contributed by atoms with Gasteiger partial charge >= 0.3 is 31.2 Å². The summed E-state index contributed by atoms with van der Waals surface area (Å²) in [5.41, 5.74) is 16.4. The molecule has 1 aliphatic rings. The molecular formula is C84H84F6LiN15O8. The summed E-state index contributed by atoms with van der Waals surface area (Å²) in [6.45, 7) is 4.47. The number of carbonyl (C=O) groups is 1. The summed E-state index contributed by atoms with van der Waals surface area (Å²) in [6, 6.07) is 59.2. The second-order valence-electron chi connectivity index (χ2n) is 25.4. The number of aliphatic hydroxyl groups is 2. The molecule has 0 radical (unpaired) electrons. The smallest absolute Gasteiger partial charge is 0.496 e. The number of hydrogen-bond acceptors (Lipinski definition) is 17. The van der Waals surface area contributed by atoms with Crippen LogP contribution in [0.25, 0.3) is 83.9 Å². The molecule has 1 aliphatic heterocycles. The van der Waals surface area contributed by atoms with Crippen molar-refractivity contribution < 1.29 is 83.9 Å². The van der Waals surface area contributed by atoms with Crippen LogP contribution in [0.3, 0.4) is 0 Å². The van der Waals surface area contributed by atoms with E-state index in [0.717, 1.165) is 81.2 Å². The first-order valence-electron chi connectivity index (χ1n) is 35.2. The molecule has 586 valence electrons. The Morgan fingerprint density at radius 3 is 1.23 bits per heavy atom. The van der Waals surface area contributed by atoms with Crippen LogP contribution >= 0.6 is 0 Å². The second-order valence-corrected chi connectivity index (χ2v) is 25.4. The molecule has 0 amide bonds. The largest absolute Gasteiger partial charge is 1.00 e. The summed E-state index contributed by atoms with van der Waals surface area (Å²) in [5.74, 6) is 1.89. The van der Waals surface area contributed by atoms with Crippen LogP contribution in [0.4, 0.5) is 26.3 Å². The van der Waals surface area contributed by atoms with Crippen LogP contribution in [-0.2, 0) is 30.6 Å². The molecule has 2 unspecified atom stereocenters. The second kappa shape index (κ2) is 39.4. The zero-order valence-electron chi connectivity index (χ0n) is 63.6. The Kier molecular flexibility index (Phi) is 29.7. The summed E-state index contributed by atoms with van der Waals surface area (Å²) in [7, 11) is 10.2. The topological polar surface area (TPSA) is 249 Å². The normalized spacial score (nSPS) is 12.2. The van der Waals surface area contributed by atoms with Gasteiger partial charge in [0.1, 0.15) is 76.3 Å². The van der Waals surface area contributed by atoms with Crippen molar-refractivity contribution in [1.82, 2.24) is 73.6 Å². The number of aryl methyl sites for hydroxylation is 6. The maximum absolute atomic E-state index is 13.2. The van der Waals surface area contributed by atoms with Gasteiger partial charge in [-0.25, -0.2) is 29.0 Å². The van der Waals surface area contributed by atoms with Gasteiger partial charge < -0.3 is 33.9 Å². The predicted octanol–water partition coefficient (Wildman–Crippen LogP) is 13.4. The molecular weight excluding hydrogens is 1470 g/mol. The van der Waals surface area contributed by atoms with Crippen molar-refractivity contribution in [2.45, 2.75) is 65.6 Å². The third kappa shape index (κ3) is 21.0. The number of fused-ring (bicyclic) bond motifs is 3. The van der Waals surface area contributed by atoms with Gasteiger partial charge in [0.2, 0.25) is 0 Å². The molecule has 6 aromatic carbocycles. The molecule has 10 heterocycles. The zero-order chi connectivity index (χ0) is 79.6. The molecule has 9 aromatic heterocycles. The van der Waals surface area contributed by atoms with Crippen LogP contribution in [0.1, 0.15) is 82.2 Å². The monoisotopic (exact) mass is 1550 g/mol. The number of carbonyl (C=O) groups excluding carboxylic acids is 1. The quantitative estimate of drug-likeness (QED) is 0.0395. The Bertz CT molecular complexity index is 5540. The maximum atomic E-state index is 13.2. The van der Waals surface area contributed by atoms with Gasteiger partial charge in [0.15, 0.2) is 6.29 Å². The summed E-state index contributed by atoms with van der Waals surface area (Å²) < 4.78 is 109. The van der Waals surface area contributed by atoms with Crippen LogP contribution in [0.15, 0.2) is 219 Å². The van der Waals surface area contributed by atoms with E-state index in [-0.39, 0.29) is 26.3 Å². The first-order chi connectivity index (χ1) is 54.0. The van der Waals surface area contributed by atoms with E-state index < -0.39 is 37.8 Å². The first kappa shape index (κ1) is 85.9. The minimum atomic E-state index is -4.48. The Labute approximate surface area is 666 Å². The van der Waals surface area contributed by atoms with E-state index in [9.17, 15) is 36.2 Å². The van der Waals surface area contributed by atoms with Crippen molar-refractivity contribution >= 4 is 39.4 Å². The van der Waals surface area contributed by atoms with Gasteiger partial charge in [0, 0.05) is 140 Å². The molecule has 16 rings (SSSR count). The van der Waals surface area contributed by atoms with Gasteiger partial charge in [0.05, 0.1) is 54.9 Å². The maximum Gasteiger partial charge on any atom is 1.00 e. The molecule has 114 heavy (non-hydrogen) atoms. The molecule has 2 atom stereocenters. The average molecular weight is 1550 g/mol. The SMILES string of the molecule is C.C1CCOC1.COc1cc(-n2cccn2)ccc1-c1nn(C)c2c(C(O)c3ccccc3)cc(C)nc12.COc1cc(-n2cccn2)ccc1-c1nn(C)c2c(C(OCC(F)(F)F)c3ccccc3)cc(C)nc12.COc1cc(-n2cccn2)ccc1-c1nn(C)c2c(C=O)cc(C)nc12.OCC(F)(F)F.[Li+].[c-]1ccccc1. The van der Waals surface area contributed by atoms with Gasteiger partial charge in [-0.15, -0.1) is 0 Å². The number of aromatic nitrogens is 15. The molecule has 1 saturated heterocycles. The van der Waals surface area contributed by atoms with Crippen molar-refractivity contribution in [1.29, 1.82) is 0 Å². The Hall–Kier alpha value is -12.1. The molecule has 1 fully saturated rings. The first-order valence-corrected chi connectivity index (χ1v) is 35.2. The van der Waals surface area contributed by atoms with Crippen LogP contribution in [0, 0.1) is 26.8 Å². The summed E-state index contributed by atoms with van der Waals surface area (Å²) >= 11 is 0. The summed E-state index contributed by atoms with van der Waals surface area (Å²) in [5, 5.41) is 45.3. The minimum absolute atomic E-state index is 0. The number of rotatable bonds is 16. The number of pyridine rings is 3. The molecule has 15 aromatic rings. The van der Waals surface area contributed by atoms with Crippen molar-refractivity contribution in [3.05, 3.63) is 270 Å². The van der Waals surface area contributed by atoms with Gasteiger partial charge in [0.25, 0.3) is 0 Å². The molecule has 0 bridgehead atoms. The molecule has 0 aliphatic carbocycles. The van der Waals surface area contributed by atoms with E-state index in [1.54, 1.807) is 131 Å². The van der Waals surface area contributed by atoms with Crippen LogP contribution in [0.2, 0.25) is 0 Å². The van der Waals surface area contributed by atoms with E-state index in [1.165, 1.54) is 12.8 Å². The standard InChI is InChI=1S/C27H24F3N5O2.C25H23N5O2.C19H17N5O2.C6H5.C4H8O.C2H3F3O.CH4.Li/c1-17-14-21(26(37-16-27(28,29)30)18-8-5-4-6-9-18)25-24(32-17)23(33-34(25)2)20-11-10-19(15-22(20)36-3)35-13-7-12-31-35;1-16-14-20(25(31)17-8-5-4-6-9-17)24-23(27-16)22(28-29(24)2)19-11-10-18(15-21(19)32-3)30-13-7-12-26-30;1-12-9-13(11-25)19-18(21-12)17(22-23(19)2)15-6-5-14(10-16(15)26-3)24-8-4-7-20-24;1-2-4-6-5-3-1;1-2-4-5-3-1;3-2(4,5)1-6;;/h4-15,26H,16H2,1-3H3;4-15,25,31H,1-3H3;4-11H,1-3H3;1-5H;1-4H2;6H,1H2;1H4;/q;;;-1;;;;+1. The molecule has 0 spiro atoms. The van der Waals surface area contributed by atoms with Crippen molar-refractivity contribution in [2.75, 3.05) is 47.8 Å². The minimum Gasteiger partial charge on any atom is -0.496 e. The van der Waals surface area contributed by atoms with Crippen molar-refractivity contribution in [2.24, 2.45) is 21.1 Å². The molecule has 30 heteroatoms. The number of ether oxygens (including phenoxy) is 5. The number of nitrogens with zero attached hydrogens (tertiary/aromatic N) is 15. The number of hydrogen-bond donors (Lipinski definition) is 2. The van der Waals surface area contributed by atoms with Gasteiger partial charge in [-0.05, 0) is 118 Å². The van der Waals surface area contributed by atoms with E-state index in [2.05, 4.69) is 31.4 Å². The van der Waals surface area contributed by atoms with Gasteiger partial charge in [-0.3, -0.25) is 18.8 Å². The zero-order valence-corrected chi connectivity index (χ0v) is 63.6. The Morgan fingerprint density at radius 1 is 0.509 bits per heavy atom. The average Bonchev–Trinajstić information content (AvgIpc) is 1.60. The van der Waals surface area contributed by atoms with E-state index >= 15 is 0 Å². The van der Waals surface area contributed by atoms with E-state index in [0.29, 0.717) is 84.3 Å². The van der Waals surface area contributed by atoms with Crippen molar-refractivity contribution in [3.63, 3.8) is 0 Å². The number of methoxy groups -OCH3 is 3. The number of benzene rings is 6. The fraction of sp³-hybridized carbons (Fsp3) is 0.238. The van der Waals surface area contributed by atoms with Crippen LogP contribution in [-0.4, -0.2) is 150 Å². The summed E-state index contributed by atoms with van der Waals surface area (Å²) in [4.78, 5) is 25.6. The number of halogens is 6. The fourth-order valence-corrected chi connectivity index (χ4v) is 12.5. The Morgan fingerprint density at radius 2 is 0.886 bits per heavy atom. The molecule has 23 nitrogen and oxygen atoms in total. The van der Waals surface area contributed by atoms with Gasteiger partial charge in [-0.2, -0.15) is 93.3 Å². The number of alkyl halides is 6. The third-order valence-corrected chi connectivity index (χ3v) is 17.4. The molecule has 2 N–H and O–H groups in total. The predicted molar refractivity (Wildman–Crippen MR) is 418 cm³/mol. The third-order valence-electron chi connectivity index (χ3n) is 17.4. The number of aliphatic hydroxyl groups excluding tert-OH is 2. The van der Waals surface area contributed by atoms with E-state index in [1.807, 2.05) is 179 Å². The fourth-order valence-electron chi connectivity index (χ4n) is 12.5. The van der Waals surface area contributed by atoms with E-state index in [4.69, 9.17) is 49.0 Å².